The molecule has 0 aromatic heterocycles. The quantitative estimate of drug-likeness (QED) is 0.470. The number of aliphatic imine (C=N–C) groups is 1. The Morgan fingerprint density at radius 3 is 2.53 bits per heavy atom. The fourth-order valence-corrected chi connectivity index (χ4v) is 1.93. The largest absolute Gasteiger partial charge is 0.444 e. The van der Waals surface area contributed by atoms with Crippen LogP contribution in [0, 0.1) is 0 Å². The summed E-state index contributed by atoms with van der Waals surface area (Å²) in [7, 11) is -1.65. The second-order valence-corrected chi connectivity index (χ2v) is 5.65. The second-order valence-electron chi connectivity index (χ2n) is 3.63. The van der Waals surface area contributed by atoms with Crippen molar-refractivity contribution >= 4 is 15.7 Å². The van der Waals surface area contributed by atoms with Crippen LogP contribution in [-0.2, 0) is 14.6 Å². The molecule has 0 heterocycles. The first kappa shape index (κ1) is 13.4. The standard InChI is InChI=1S/C12H15NO3S/c1-9(2)16-12(13-3)10-6-5-7-11(8-10)17(4,14)15/h5-8H,1H2,2-4H3/b13-12-. The summed E-state index contributed by atoms with van der Waals surface area (Å²) in [5, 5.41) is 0. The van der Waals surface area contributed by atoms with E-state index < -0.39 is 9.84 Å². The molecular weight excluding hydrogens is 238 g/mol. The molecule has 0 saturated carbocycles. The van der Waals surface area contributed by atoms with Crippen molar-refractivity contribution in [2.75, 3.05) is 13.3 Å². The summed E-state index contributed by atoms with van der Waals surface area (Å²) in [4.78, 5) is 4.20. The minimum absolute atomic E-state index is 0.237. The molecular formula is C12H15NO3S. The third-order valence-corrected chi connectivity index (χ3v) is 3.09. The fourth-order valence-electron chi connectivity index (χ4n) is 1.26. The van der Waals surface area contributed by atoms with Crippen LogP contribution in [0.4, 0.5) is 0 Å². The molecule has 0 aliphatic rings. The Labute approximate surface area is 102 Å². The highest BCUT2D eigenvalue weighted by atomic mass is 32.2. The highest BCUT2D eigenvalue weighted by Crippen LogP contribution is 2.13. The molecule has 1 aromatic carbocycles. The van der Waals surface area contributed by atoms with Crippen molar-refractivity contribution in [1.82, 2.24) is 0 Å². The summed E-state index contributed by atoms with van der Waals surface area (Å²) < 4.78 is 28.2. The van der Waals surface area contributed by atoms with Crippen LogP contribution in [0.2, 0.25) is 0 Å². The van der Waals surface area contributed by atoms with Gasteiger partial charge in [0.05, 0.1) is 10.7 Å². The highest BCUT2D eigenvalue weighted by molar-refractivity contribution is 7.90. The molecule has 1 aromatic rings. The van der Waals surface area contributed by atoms with Crippen molar-refractivity contribution in [1.29, 1.82) is 0 Å². The maximum Gasteiger partial charge on any atom is 0.221 e. The van der Waals surface area contributed by atoms with Gasteiger partial charge in [0.2, 0.25) is 5.90 Å². The van der Waals surface area contributed by atoms with E-state index in [0.717, 1.165) is 6.26 Å². The van der Waals surface area contributed by atoms with Crippen LogP contribution in [0.5, 0.6) is 0 Å². The molecule has 0 spiro atoms. The molecule has 4 nitrogen and oxygen atoms in total. The minimum Gasteiger partial charge on any atom is -0.444 e. The minimum atomic E-state index is -3.23. The van der Waals surface area contributed by atoms with E-state index in [1.165, 1.54) is 12.1 Å². The molecule has 0 aliphatic heterocycles. The average Bonchev–Trinajstić information content (AvgIpc) is 2.24. The molecule has 0 atom stereocenters. The predicted molar refractivity (Wildman–Crippen MR) is 67.9 cm³/mol. The van der Waals surface area contributed by atoms with Crippen molar-refractivity contribution < 1.29 is 13.2 Å². The van der Waals surface area contributed by atoms with E-state index in [1.807, 2.05) is 0 Å². The van der Waals surface area contributed by atoms with Crippen LogP contribution in [0.1, 0.15) is 12.5 Å². The molecule has 0 saturated heterocycles. The Bertz CT molecular complexity index is 559. The number of benzene rings is 1. The lowest BCUT2D eigenvalue weighted by atomic mass is 10.2. The summed E-state index contributed by atoms with van der Waals surface area (Å²) in [5.74, 6) is 0.846. The van der Waals surface area contributed by atoms with E-state index in [1.54, 1.807) is 26.1 Å². The van der Waals surface area contributed by atoms with E-state index in [-0.39, 0.29) is 4.90 Å². The molecule has 1 rings (SSSR count). The Hall–Kier alpha value is -1.62. The first-order valence-electron chi connectivity index (χ1n) is 4.95. The molecule has 0 amide bonds. The zero-order valence-electron chi connectivity index (χ0n) is 10.1. The van der Waals surface area contributed by atoms with Gasteiger partial charge in [-0.2, -0.15) is 0 Å². The van der Waals surface area contributed by atoms with Gasteiger partial charge in [0.1, 0.15) is 0 Å². The fraction of sp³-hybridized carbons (Fsp3) is 0.250. The van der Waals surface area contributed by atoms with Crippen molar-refractivity contribution in [3.8, 4) is 0 Å². The topological polar surface area (TPSA) is 55.7 Å². The average molecular weight is 253 g/mol. The van der Waals surface area contributed by atoms with Crippen LogP contribution in [0.3, 0.4) is 0 Å². The Balaban J connectivity index is 3.19. The molecule has 0 unspecified atom stereocenters. The van der Waals surface area contributed by atoms with Gasteiger partial charge in [-0.25, -0.2) is 8.42 Å². The van der Waals surface area contributed by atoms with Crippen LogP contribution in [0.15, 0.2) is 46.5 Å². The maximum absolute atomic E-state index is 11.4. The van der Waals surface area contributed by atoms with Gasteiger partial charge in [-0.05, 0) is 25.1 Å². The number of nitrogens with zero attached hydrogens (tertiary/aromatic N) is 1. The normalized spacial score (nSPS) is 12.3. The number of hydrogen-bond donors (Lipinski definition) is 0. The number of allylic oxidation sites excluding steroid dienone is 1. The molecule has 92 valence electrons. The van der Waals surface area contributed by atoms with E-state index in [2.05, 4.69) is 11.6 Å². The summed E-state index contributed by atoms with van der Waals surface area (Å²) in [6.07, 6.45) is 1.16. The van der Waals surface area contributed by atoms with Crippen molar-refractivity contribution in [2.45, 2.75) is 11.8 Å². The monoisotopic (exact) mass is 253 g/mol. The van der Waals surface area contributed by atoms with Gasteiger partial charge in [0.15, 0.2) is 9.84 Å². The van der Waals surface area contributed by atoms with Gasteiger partial charge in [-0.1, -0.05) is 12.6 Å². The van der Waals surface area contributed by atoms with E-state index >= 15 is 0 Å². The maximum atomic E-state index is 11.4. The van der Waals surface area contributed by atoms with Crippen molar-refractivity contribution in [3.63, 3.8) is 0 Å². The smallest absolute Gasteiger partial charge is 0.221 e. The lowest BCUT2D eigenvalue weighted by molar-refractivity contribution is 0.420. The van der Waals surface area contributed by atoms with Gasteiger partial charge in [0, 0.05) is 18.9 Å². The van der Waals surface area contributed by atoms with Crippen LogP contribution < -0.4 is 0 Å². The van der Waals surface area contributed by atoms with Crippen LogP contribution in [0.25, 0.3) is 0 Å². The summed E-state index contributed by atoms with van der Waals surface area (Å²) in [6, 6.07) is 6.45. The zero-order valence-corrected chi connectivity index (χ0v) is 10.9. The second kappa shape index (κ2) is 5.14. The van der Waals surface area contributed by atoms with Gasteiger partial charge >= 0.3 is 0 Å². The van der Waals surface area contributed by atoms with Gasteiger partial charge in [0.25, 0.3) is 0 Å². The highest BCUT2D eigenvalue weighted by Gasteiger charge is 2.11. The summed E-state index contributed by atoms with van der Waals surface area (Å²) >= 11 is 0. The number of rotatable bonds is 3. The number of sulfone groups is 1. The number of ether oxygens (including phenoxy) is 1. The molecule has 5 heteroatoms. The van der Waals surface area contributed by atoms with Crippen molar-refractivity contribution in [3.05, 3.63) is 42.2 Å². The molecule has 0 aliphatic carbocycles. The lowest BCUT2D eigenvalue weighted by Crippen LogP contribution is -2.07. The van der Waals surface area contributed by atoms with E-state index in [9.17, 15) is 8.42 Å². The van der Waals surface area contributed by atoms with E-state index in [0.29, 0.717) is 17.2 Å². The van der Waals surface area contributed by atoms with Crippen LogP contribution in [-0.4, -0.2) is 27.6 Å². The molecule has 0 bridgehead atoms. The van der Waals surface area contributed by atoms with Gasteiger partial charge in [-0.15, -0.1) is 0 Å². The third-order valence-electron chi connectivity index (χ3n) is 1.98. The van der Waals surface area contributed by atoms with E-state index in [4.69, 9.17) is 4.74 Å². The Morgan fingerprint density at radius 1 is 1.41 bits per heavy atom. The van der Waals surface area contributed by atoms with Gasteiger partial charge in [-0.3, -0.25) is 4.99 Å². The first-order chi connectivity index (χ1) is 7.84. The Kier molecular flexibility index (Phi) is 4.07. The third kappa shape index (κ3) is 3.71. The summed E-state index contributed by atoms with van der Waals surface area (Å²) in [5.41, 5.74) is 0.610. The summed E-state index contributed by atoms with van der Waals surface area (Å²) in [6.45, 7) is 5.32. The SMILES string of the molecule is C=C(C)O/C(=N\C)c1cccc(S(C)(=O)=O)c1. The molecule has 17 heavy (non-hydrogen) atoms. The van der Waals surface area contributed by atoms with Gasteiger partial charge < -0.3 is 4.74 Å². The molecule has 0 N–H and O–H groups in total. The molecule has 0 radical (unpaired) electrons. The lowest BCUT2D eigenvalue weighted by Gasteiger charge is -2.08. The first-order valence-corrected chi connectivity index (χ1v) is 6.84. The predicted octanol–water partition coefficient (Wildman–Crippen LogP) is 2.02. The number of hydrogen-bond acceptors (Lipinski definition) is 4. The molecule has 0 fully saturated rings. The van der Waals surface area contributed by atoms with Crippen LogP contribution >= 0.6 is 0 Å². The Morgan fingerprint density at radius 2 is 2.06 bits per heavy atom. The zero-order chi connectivity index (χ0) is 13.1. The van der Waals surface area contributed by atoms with Crippen molar-refractivity contribution in [2.24, 2.45) is 4.99 Å².